The molecule has 1 unspecified atom stereocenters. The van der Waals surface area contributed by atoms with E-state index in [1.165, 1.54) is 24.3 Å². The molecule has 2 amide bonds. The van der Waals surface area contributed by atoms with E-state index >= 15 is 0 Å². The number of nitrogens with one attached hydrogen (secondary N) is 2. The van der Waals surface area contributed by atoms with Gasteiger partial charge in [0.05, 0.1) is 10.5 Å². The predicted molar refractivity (Wildman–Crippen MR) is 98.0 cm³/mol. The second kappa shape index (κ2) is 8.16. The second-order valence-corrected chi connectivity index (χ2v) is 7.69. The highest BCUT2D eigenvalue weighted by Crippen LogP contribution is 2.18. The molecule has 0 saturated carbocycles. The Kier molecular flexibility index (Phi) is 6.72. The van der Waals surface area contributed by atoms with Crippen LogP contribution in [0, 0.1) is 16.0 Å². The zero-order valence-electron chi connectivity index (χ0n) is 16.1. The van der Waals surface area contributed by atoms with Crippen molar-refractivity contribution >= 4 is 17.7 Å². The van der Waals surface area contributed by atoms with Crippen molar-refractivity contribution in [3.05, 3.63) is 39.9 Å². The van der Waals surface area contributed by atoms with E-state index in [4.69, 9.17) is 4.74 Å². The van der Waals surface area contributed by atoms with Crippen LogP contribution in [0.15, 0.2) is 24.3 Å². The van der Waals surface area contributed by atoms with Gasteiger partial charge in [0.15, 0.2) is 0 Å². The highest BCUT2D eigenvalue weighted by atomic mass is 16.6. The van der Waals surface area contributed by atoms with Gasteiger partial charge in [-0.1, -0.05) is 13.8 Å². The Morgan fingerprint density at radius 2 is 1.69 bits per heavy atom. The minimum atomic E-state index is -0.726. The summed E-state index contributed by atoms with van der Waals surface area (Å²) in [6.07, 6.45) is -0.561. The molecule has 0 saturated heterocycles. The standard InChI is InChI=1S/C18H27N3O5/c1-12(2)18(6,11-19-16(23)26-17(3,4)5)20-15(22)13-7-9-14(10-8-13)21(24)25/h7-10,12H,11H2,1-6H3,(H,19,23)(H,20,22). The first-order chi connectivity index (χ1) is 11.8. The first-order valence-corrected chi connectivity index (χ1v) is 8.38. The Hall–Kier alpha value is -2.64. The number of carbonyl (C=O) groups is 2. The van der Waals surface area contributed by atoms with Gasteiger partial charge in [-0.05, 0) is 45.7 Å². The lowest BCUT2D eigenvalue weighted by Gasteiger charge is -2.35. The first-order valence-electron chi connectivity index (χ1n) is 8.38. The third-order valence-corrected chi connectivity index (χ3v) is 4.01. The molecule has 0 aromatic heterocycles. The molecule has 1 aromatic carbocycles. The van der Waals surface area contributed by atoms with Crippen LogP contribution in [0.25, 0.3) is 0 Å². The van der Waals surface area contributed by atoms with Crippen molar-refractivity contribution in [1.82, 2.24) is 10.6 Å². The van der Waals surface area contributed by atoms with Gasteiger partial charge >= 0.3 is 6.09 Å². The Labute approximate surface area is 153 Å². The van der Waals surface area contributed by atoms with Crippen molar-refractivity contribution in [2.45, 2.75) is 52.7 Å². The number of amides is 2. The van der Waals surface area contributed by atoms with E-state index in [1.807, 2.05) is 20.8 Å². The maximum Gasteiger partial charge on any atom is 0.407 e. The molecule has 0 bridgehead atoms. The van der Waals surface area contributed by atoms with Crippen LogP contribution >= 0.6 is 0 Å². The first kappa shape index (κ1) is 21.4. The number of hydrogen-bond acceptors (Lipinski definition) is 5. The van der Waals surface area contributed by atoms with E-state index < -0.39 is 22.2 Å². The average molecular weight is 365 g/mol. The van der Waals surface area contributed by atoms with Gasteiger partial charge in [-0.25, -0.2) is 4.79 Å². The molecule has 0 aliphatic carbocycles. The van der Waals surface area contributed by atoms with Gasteiger partial charge in [0.2, 0.25) is 0 Å². The molecule has 0 fully saturated rings. The summed E-state index contributed by atoms with van der Waals surface area (Å²) in [5.41, 5.74) is -1.12. The number of hydrogen-bond donors (Lipinski definition) is 2. The Morgan fingerprint density at radius 3 is 2.12 bits per heavy atom. The fourth-order valence-electron chi connectivity index (χ4n) is 2.03. The van der Waals surface area contributed by atoms with Crippen LogP contribution in [-0.2, 0) is 4.74 Å². The van der Waals surface area contributed by atoms with E-state index in [1.54, 1.807) is 20.8 Å². The summed E-state index contributed by atoms with van der Waals surface area (Å²) in [7, 11) is 0. The monoisotopic (exact) mass is 365 g/mol. The van der Waals surface area contributed by atoms with E-state index in [-0.39, 0.29) is 24.1 Å². The number of nitrogens with zero attached hydrogens (tertiary/aromatic N) is 1. The number of alkyl carbamates (subject to hydrolysis) is 1. The third kappa shape index (κ3) is 6.34. The van der Waals surface area contributed by atoms with Crippen molar-refractivity contribution in [3.63, 3.8) is 0 Å². The minimum Gasteiger partial charge on any atom is -0.444 e. The maximum absolute atomic E-state index is 12.5. The largest absolute Gasteiger partial charge is 0.444 e. The quantitative estimate of drug-likeness (QED) is 0.594. The molecule has 0 aliphatic rings. The van der Waals surface area contributed by atoms with E-state index in [0.29, 0.717) is 5.56 Å². The average Bonchev–Trinajstić information content (AvgIpc) is 2.51. The molecule has 1 atom stereocenters. The molecule has 2 N–H and O–H groups in total. The van der Waals surface area contributed by atoms with Crippen LogP contribution in [0.4, 0.5) is 10.5 Å². The smallest absolute Gasteiger partial charge is 0.407 e. The molecular weight excluding hydrogens is 338 g/mol. The lowest BCUT2D eigenvalue weighted by Crippen LogP contribution is -2.57. The van der Waals surface area contributed by atoms with Gasteiger partial charge in [0.25, 0.3) is 11.6 Å². The fourth-order valence-corrected chi connectivity index (χ4v) is 2.03. The Morgan fingerprint density at radius 1 is 1.15 bits per heavy atom. The highest BCUT2D eigenvalue weighted by Gasteiger charge is 2.32. The Balaban J connectivity index is 2.80. The van der Waals surface area contributed by atoms with E-state index in [2.05, 4.69) is 10.6 Å². The van der Waals surface area contributed by atoms with Crippen LogP contribution < -0.4 is 10.6 Å². The SMILES string of the molecule is CC(C)C(C)(CNC(=O)OC(C)(C)C)NC(=O)c1ccc([N+](=O)[O-])cc1. The topological polar surface area (TPSA) is 111 Å². The fraction of sp³-hybridized carbons (Fsp3) is 0.556. The second-order valence-electron chi connectivity index (χ2n) is 7.69. The molecule has 144 valence electrons. The van der Waals surface area contributed by atoms with Gasteiger partial charge < -0.3 is 15.4 Å². The van der Waals surface area contributed by atoms with E-state index in [9.17, 15) is 19.7 Å². The van der Waals surface area contributed by atoms with Gasteiger partial charge in [-0.3, -0.25) is 14.9 Å². The number of carbonyl (C=O) groups excluding carboxylic acids is 2. The number of nitro benzene ring substituents is 1. The zero-order valence-corrected chi connectivity index (χ0v) is 16.1. The number of benzene rings is 1. The Bertz CT molecular complexity index is 664. The number of nitro groups is 1. The molecule has 0 spiro atoms. The van der Waals surface area contributed by atoms with Crippen molar-refractivity contribution < 1.29 is 19.2 Å². The summed E-state index contributed by atoms with van der Waals surface area (Å²) in [5, 5.41) is 16.3. The third-order valence-electron chi connectivity index (χ3n) is 4.01. The molecule has 0 aliphatic heterocycles. The van der Waals surface area contributed by atoms with Crippen molar-refractivity contribution in [1.29, 1.82) is 0 Å². The number of ether oxygens (including phenoxy) is 1. The maximum atomic E-state index is 12.5. The summed E-state index contributed by atoms with van der Waals surface area (Å²) < 4.78 is 5.21. The van der Waals surface area contributed by atoms with Crippen LogP contribution in [0.2, 0.25) is 0 Å². The van der Waals surface area contributed by atoms with Crippen molar-refractivity contribution in [3.8, 4) is 0 Å². The summed E-state index contributed by atoms with van der Waals surface area (Å²) in [6, 6.07) is 5.35. The molecular formula is C18H27N3O5. The normalized spacial score (nSPS) is 13.7. The molecule has 0 radical (unpaired) electrons. The molecule has 8 heteroatoms. The summed E-state index contributed by atoms with van der Waals surface area (Å²) in [5.74, 6) is -0.360. The van der Waals surface area contributed by atoms with Crippen LogP contribution in [0.3, 0.4) is 0 Å². The predicted octanol–water partition coefficient (Wildman–Crippen LogP) is 3.26. The summed E-state index contributed by atoms with van der Waals surface area (Å²) in [6.45, 7) is 11.1. The molecule has 26 heavy (non-hydrogen) atoms. The molecule has 1 rings (SSSR count). The van der Waals surface area contributed by atoms with Gasteiger partial charge in [0.1, 0.15) is 5.60 Å². The lowest BCUT2D eigenvalue weighted by atomic mass is 9.88. The van der Waals surface area contributed by atoms with Crippen molar-refractivity contribution in [2.24, 2.45) is 5.92 Å². The zero-order chi connectivity index (χ0) is 20.1. The lowest BCUT2D eigenvalue weighted by molar-refractivity contribution is -0.384. The van der Waals surface area contributed by atoms with Crippen molar-refractivity contribution in [2.75, 3.05) is 6.54 Å². The van der Waals surface area contributed by atoms with Gasteiger partial charge in [-0.15, -0.1) is 0 Å². The van der Waals surface area contributed by atoms with E-state index in [0.717, 1.165) is 0 Å². The number of rotatable bonds is 6. The van der Waals surface area contributed by atoms with Crippen LogP contribution in [0.5, 0.6) is 0 Å². The summed E-state index contributed by atoms with van der Waals surface area (Å²) in [4.78, 5) is 34.5. The van der Waals surface area contributed by atoms with Gasteiger partial charge in [0, 0.05) is 24.2 Å². The van der Waals surface area contributed by atoms with Crippen LogP contribution in [-0.4, -0.2) is 34.6 Å². The minimum absolute atomic E-state index is 0.0134. The molecule has 1 aromatic rings. The van der Waals surface area contributed by atoms with Crippen LogP contribution in [0.1, 0.15) is 51.9 Å². The number of non-ortho nitro benzene ring substituents is 1. The molecule has 0 heterocycles. The van der Waals surface area contributed by atoms with Gasteiger partial charge in [-0.2, -0.15) is 0 Å². The molecule has 8 nitrogen and oxygen atoms in total. The highest BCUT2D eigenvalue weighted by molar-refractivity contribution is 5.95. The summed E-state index contributed by atoms with van der Waals surface area (Å²) >= 11 is 0.